The molecule has 1 rings (SSSR count). The Morgan fingerprint density at radius 3 is 2.50 bits per heavy atom. The number of carbonyl (C=O) groups is 1. The van der Waals surface area contributed by atoms with E-state index in [0.29, 0.717) is 12.5 Å². The molecule has 0 aliphatic carbocycles. The largest absolute Gasteiger partial charge is 0.493 e. The molecule has 0 aliphatic heterocycles. The number of aliphatic carboxylic acids is 1. The summed E-state index contributed by atoms with van der Waals surface area (Å²) in [6.07, 6.45) is 2.67. The van der Waals surface area contributed by atoms with Crippen LogP contribution in [0.3, 0.4) is 0 Å². The SMILES string of the molecule is CC(C)COc1ccc(C=CC(=O)O)cc1. The topological polar surface area (TPSA) is 46.5 Å². The van der Waals surface area contributed by atoms with Gasteiger partial charge >= 0.3 is 5.97 Å². The van der Waals surface area contributed by atoms with Crippen molar-refractivity contribution in [3.8, 4) is 5.75 Å². The van der Waals surface area contributed by atoms with E-state index in [2.05, 4.69) is 13.8 Å². The molecule has 0 spiro atoms. The van der Waals surface area contributed by atoms with Crippen molar-refractivity contribution < 1.29 is 14.6 Å². The van der Waals surface area contributed by atoms with Crippen LogP contribution in [0, 0.1) is 5.92 Å². The quantitative estimate of drug-likeness (QED) is 0.776. The smallest absolute Gasteiger partial charge is 0.328 e. The van der Waals surface area contributed by atoms with E-state index in [1.165, 1.54) is 0 Å². The summed E-state index contributed by atoms with van der Waals surface area (Å²) in [4.78, 5) is 10.3. The lowest BCUT2D eigenvalue weighted by atomic mass is 10.2. The summed E-state index contributed by atoms with van der Waals surface area (Å²) in [6, 6.07) is 7.33. The highest BCUT2D eigenvalue weighted by Gasteiger charge is 1.96. The molecule has 0 atom stereocenters. The fourth-order valence-corrected chi connectivity index (χ4v) is 1.11. The fraction of sp³-hybridized carbons (Fsp3) is 0.308. The van der Waals surface area contributed by atoms with Crippen molar-refractivity contribution >= 4 is 12.0 Å². The molecule has 0 radical (unpaired) electrons. The molecule has 0 aliphatic rings. The second kappa shape index (κ2) is 5.95. The highest BCUT2D eigenvalue weighted by molar-refractivity contribution is 5.85. The van der Waals surface area contributed by atoms with Crippen LogP contribution >= 0.6 is 0 Å². The van der Waals surface area contributed by atoms with Gasteiger partial charge in [0.05, 0.1) is 6.61 Å². The third-order valence-electron chi connectivity index (χ3n) is 1.88. The average molecular weight is 220 g/mol. The molecule has 0 unspecified atom stereocenters. The molecule has 0 saturated heterocycles. The van der Waals surface area contributed by atoms with Crippen molar-refractivity contribution in [3.63, 3.8) is 0 Å². The maximum absolute atomic E-state index is 10.3. The van der Waals surface area contributed by atoms with Gasteiger partial charge in [-0.05, 0) is 29.7 Å². The molecule has 3 nitrogen and oxygen atoms in total. The van der Waals surface area contributed by atoms with Crippen molar-refractivity contribution in [2.75, 3.05) is 6.61 Å². The van der Waals surface area contributed by atoms with Crippen LogP contribution in [0.25, 0.3) is 6.08 Å². The number of ether oxygens (including phenoxy) is 1. The van der Waals surface area contributed by atoms with E-state index in [1.54, 1.807) is 6.08 Å². The molecule has 1 aromatic carbocycles. The first kappa shape index (κ1) is 12.3. The fourth-order valence-electron chi connectivity index (χ4n) is 1.11. The minimum absolute atomic E-state index is 0.492. The molecule has 0 amide bonds. The Bertz CT molecular complexity index is 363. The third-order valence-corrected chi connectivity index (χ3v) is 1.88. The lowest BCUT2D eigenvalue weighted by Gasteiger charge is -2.08. The molecule has 0 fully saturated rings. The summed E-state index contributed by atoms with van der Waals surface area (Å²) in [6.45, 7) is 4.86. The van der Waals surface area contributed by atoms with Crippen LogP contribution in [0.4, 0.5) is 0 Å². The van der Waals surface area contributed by atoms with Gasteiger partial charge in [-0.3, -0.25) is 0 Å². The van der Waals surface area contributed by atoms with E-state index in [0.717, 1.165) is 17.4 Å². The van der Waals surface area contributed by atoms with E-state index in [1.807, 2.05) is 24.3 Å². The Morgan fingerprint density at radius 2 is 2.00 bits per heavy atom. The number of carboxylic acids is 1. The van der Waals surface area contributed by atoms with E-state index in [4.69, 9.17) is 9.84 Å². The Morgan fingerprint density at radius 1 is 1.38 bits per heavy atom. The van der Waals surface area contributed by atoms with E-state index >= 15 is 0 Å². The minimum Gasteiger partial charge on any atom is -0.493 e. The van der Waals surface area contributed by atoms with Gasteiger partial charge in [-0.2, -0.15) is 0 Å². The predicted molar refractivity (Wildman–Crippen MR) is 63.4 cm³/mol. The molecule has 1 aromatic rings. The Kier molecular flexibility index (Phi) is 4.58. The summed E-state index contributed by atoms with van der Waals surface area (Å²) >= 11 is 0. The molecular weight excluding hydrogens is 204 g/mol. The Balaban J connectivity index is 2.57. The van der Waals surface area contributed by atoms with Crippen molar-refractivity contribution in [1.29, 1.82) is 0 Å². The number of hydrogen-bond donors (Lipinski definition) is 1. The summed E-state index contributed by atoms with van der Waals surface area (Å²) < 4.78 is 5.51. The zero-order chi connectivity index (χ0) is 12.0. The van der Waals surface area contributed by atoms with Gasteiger partial charge in [-0.25, -0.2) is 4.79 Å². The monoisotopic (exact) mass is 220 g/mol. The second-order valence-electron chi connectivity index (χ2n) is 3.95. The molecule has 3 heteroatoms. The average Bonchev–Trinajstić information content (AvgIpc) is 2.25. The molecule has 1 N–H and O–H groups in total. The third kappa shape index (κ3) is 4.64. The van der Waals surface area contributed by atoms with Crippen molar-refractivity contribution in [1.82, 2.24) is 0 Å². The van der Waals surface area contributed by atoms with Gasteiger partial charge in [0, 0.05) is 6.08 Å². The highest BCUT2D eigenvalue weighted by atomic mass is 16.5. The molecule has 0 bridgehead atoms. The molecule has 16 heavy (non-hydrogen) atoms. The lowest BCUT2D eigenvalue weighted by molar-refractivity contribution is -0.131. The maximum atomic E-state index is 10.3. The highest BCUT2D eigenvalue weighted by Crippen LogP contribution is 2.14. The molecular formula is C13H16O3. The normalized spacial score (nSPS) is 10.9. The summed E-state index contributed by atoms with van der Waals surface area (Å²) in [7, 11) is 0. The molecule has 0 saturated carbocycles. The van der Waals surface area contributed by atoms with E-state index in [9.17, 15) is 4.79 Å². The van der Waals surface area contributed by atoms with Crippen molar-refractivity contribution in [2.24, 2.45) is 5.92 Å². The van der Waals surface area contributed by atoms with Gasteiger partial charge in [0.2, 0.25) is 0 Å². The van der Waals surface area contributed by atoms with Gasteiger partial charge in [0.1, 0.15) is 5.75 Å². The first-order valence-corrected chi connectivity index (χ1v) is 5.22. The van der Waals surface area contributed by atoms with Gasteiger partial charge in [0.15, 0.2) is 0 Å². The number of rotatable bonds is 5. The van der Waals surface area contributed by atoms with Crippen LogP contribution in [-0.4, -0.2) is 17.7 Å². The van der Waals surface area contributed by atoms with Gasteiger partial charge in [-0.15, -0.1) is 0 Å². The Hall–Kier alpha value is -1.77. The zero-order valence-electron chi connectivity index (χ0n) is 9.51. The second-order valence-corrected chi connectivity index (χ2v) is 3.95. The Labute approximate surface area is 95.4 Å². The van der Waals surface area contributed by atoms with E-state index in [-0.39, 0.29) is 0 Å². The predicted octanol–water partition coefficient (Wildman–Crippen LogP) is 2.82. The number of benzene rings is 1. The van der Waals surface area contributed by atoms with Crippen LogP contribution in [-0.2, 0) is 4.79 Å². The number of hydrogen-bond acceptors (Lipinski definition) is 2. The van der Waals surface area contributed by atoms with Crippen LogP contribution in [0.15, 0.2) is 30.3 Å². The zero-order valence-corrected chi connectivity index (χ0v) is 9.51. The molecule has 0 aromatic heterocycles. The van der Waals surface area contributed by atoms with E-state index < -0.39 is 5.97 Å². The lowest BCUT2D eigenvalue weighted by Crippen LogP contribution is -2.04. The maximum Gasteiger partial charge on any atom is 0.328 e. The van der Waals surface area contributed by atoms with Crippen molar-refractivity contribution in [2.45, 2.75) is 13.8 Å². The van der Waals surface area contributed by atoms with Gasteiger partial charge in [-0.1, -0.05) is 26.0 Å². The first-order valence-electron chi connectivity index (χ1n) is 5.22. The van der Waals surface area contributed by atoms with Crippen LogP contribution in [0.5, 0.6) is 5.75 Å². The van der Waals surface area contributed by atoms with Crippen LogP contribution in [0.2, 0.25) is 0 Å². The first-order chi connectivity index (χ1) is 7.58. The summed E-state index contributed by atoms with van der Waals surface area (Å²) in [5, 5.41) is 8.46. The summed E-state index contributed by atoms with van der Waals surface area (Å²) in [5.74, 6) is 0.355. The standard InChI is InChI=1S/C13H16O3/c1-10(2)9-16-12-6-3-11(4-7-12)5-8-13(14)15/h3-8,10H,9H2,1-2H3,(H,14,15). The number of carboxylic acid groups (broad SMARTS) is 1. The van der Waals surface area contributed by atoms with Crippen molar-refractivity contribution in [3.05, 3.63) is 35.9 Å². The van der Waals surface area contributed by atoms with Gasteiger partial charge in [0.25, 0.3) is 0 Å². The minimum atomic E-state index is -0.944. The summed E-state index contributed by atoms with van der Waals surface area (Å²) in [5.41, 5.74) is 0.847. The molecule has 86 valence electrons. The van der Waals surface area contributed by atoms with Crippen LogP contribution in [0.1, 0.15) is 19.4 Å². The van der Waals surface area contributed by atoms with Gasteiger partial charge < -0.3 is 9.84 Å². The molecule has 0 heterocycles. The van der Waals surface area contributed by atoms with Crippen LogP contribution < -0.4 is 4.74 Å².